The highest BCUT2D eigenvalue weighted by Crippen LogP contribution is 2.26. The van der Waals surface area contributed by atoms with E-state index in [1.807, 2.05) is 30.3 Å². The zero-order valence-electron chi connectivity index (χ0n) is 9.77. The molecule has 2 heteroatoms. The summed E-state index contributed by atoms with van der Waals surface area (Å²) in [7, 11) is 0. The molecule has 3 N–H and O–H groups in total. The molecule has 0 aliphatic heterocycles. The highest BCUT2D eigenvalue weighted by molar-refractivity contribution is 5.17. The van der Waals surface area contributed by atoms with E-state index in [2.05, 4.69) is 20.8 Å². The van der Waals surface area contributed by atoms with Gasteiger partial charge < -0.3 is 10.8 Å². The van der Waals surface area contributed by atoms with Crippen molar-refractivity contribution in [3.8, 4) is 0 Å². The Kier molecular flexibility index (Phi) is 3.89. The Morgan fingerprint density at radius 2 is 1.73 bits per heavy atom. The van der Waals surface area contributed by atoms with Gasteiger partial charge in [-0.05, 0) is 17.4 Å². The smallest absolute Gasteiger partial charge is 0.0805 e. The second-order valence-corrected chi connectivity index (χ2v) is 5.13. The van der Waals surface area contributed by atoms with Crippen molar-refractivity contribution in [2.75, 3.05) is 0 Å². The molecule has 0 fully saturated rings. The van der Waals surface area contributed by atoms with Gasteiger partial charge in [0.25, 0.3) is 0 Å². The molecule has 0 saturated carbocycles. The third kappa shape index (κ3) is 3.65. The average molecular weight is 207 g/mol. The summed E-state index contributed by atoms with van der Waals surface area (Å²) in [6.45, 7) is 6.28. The molecule has 0 aromatic heterocycles. The van der Waals surface area contributed by atoms with E-state index in [1.54, 1.807) is 0 Å². The molecule has 2 nitrogen and oxygen atoms in total. The molecule has 1 rings (SSSR count). The van der Waals surface area contributed by atoms with Gasteiger partial charge >= 0.3 is 0 Å². The standard InChI is InChI=1S/C13H21NO/c1-13(2,3)12(14)9-11(15)10-7-5-4-6-8-10/h4-8,11-12,15H,9,14H2,1-3H3/t11-,12+/m1/s1. The first-order chi connectivity index (χ1) is 6.91. The molecule has 0 amide bonds. The number of rotatable bonds is 3. The van der Waals surface area contributed by atoms with E-state index >= 15 is 0 Å². The van der Waals surface area contributed by atoms with Gasteiger partial charge in [0.15, 0.2) is 0 Å². The van der Waals surface area contributed by atoms with Crippen LogP contribution in [0.1, 0.15) is 38.9 Å². The second kappa shape index (κ2) is 4.77. The molecular formula is C13H21NO. The lowest BCUT2D eigenvalue weighted by molar-refractivity contribution is 0.133. The maximum absolute atomic E-state index is 9.97. The van der Waals surface area contributed by atoms with Crippen molar-refractivity contribution < 1.29 is 5.11 Å². The minimum absolute atomic E-state index is 0.00714. The topological polar surface area (TPSA) is 46.2 Å². The predicted molar refractivity (Wildman–Crippen MR) is 63.4 cm³/mol. The number of benzene rings is 1. The van der Waals surface area contributed by atoms with Gasteiger partial charge in [0, 0.05) is 6.04 Å². The van der Waals surface area contributed by atoms with Gasteiger partial charge in [-0.15, -0.1) is 0 Å². The minimum atomic E-state index is -0.458. The Balaban J connectivity index is 2.61. The van der Waals surface area contributed by atoms with Gasteiger partial charge in [-0.2, -0.15) is 0 Å². The Morgan fingerprint density at radius 3 is 2.20 bits per heavy atom. The van der Waals surface area contributed by atoms with E-state index in [-0.39, 0.29) is 11.5 Å². The fourth-order valence-corrected chi connectivity index (χ4v) is 1.41. The Labute approximate surface area is 92.1 Å². The van der Waals surface area contributed by atoms with Crippen LogP contribution in [0.5, 0.6) is 0 Å². The number of nitrogens with two attached hydrogens (primary N) is 1. The molecule has 0 aliphatic rings. The molecule has 0 unspecified atom stereocenters. The molecule has 15 heavy (non-hydrogen) atoms. The number of aliphatic hydroxyl groups is 1. The van der Waals surface area contributed by atoms with Crippen LogP contribution in [0.2, 0.25) is 0 Å². The second-order valence-electron chi connectivity index (χ2n) is 5.13. The molecule has 1 aromatic carbocycles. The van der Waals surface area contributed by atoms with Gasteiger partial charge in [0.1, 0.15) is 0 Å². The lowest BCUT2D eigenvalue weighted by Gasteiger charge is -2.28. The maximum Gasteiger partial charge on any atom is 0.0805 e. The number of hydrogen-bond acceptors (Lipinski definition) is 2. The van der Waals surface area contributed by atoms with Crippen LogP contribution in [-0.4, -0.2) is 11.1 Å². The number of hydrogen-bond donors (Lipinski definition) is 2. The summed E-state index contributed by atoms with van der Waals surface area (Å²) in [5, 5.41) is 9.97. The van der Waals surface area contributed by atoms with Gasteiger partial charge in [-0.3, -0.25) is 0 Å². The summed E-state index contributed by atoms with van der Waals surface area (Å²) in [5.41, 5.74) is 7.01. The molecule has 0 spiro atoms. The molecule has 0 bridgehead atoms. The predicted octanol–water partition coefficient (Wildman–Crippen LogP) is 2.48. The normalized spacial score (nSPS) is 16.1. The van der Waals surface area contributed by atoms with Crippen LogP contribution in [0, 0.1) is 5.41 Å². The lowest BCUT2D eigenvalue weighted by atomic mass is 9.83. The summed E-state index contributed by atoms with van der Waals surface area (Å²) >= 11 is 0. The highest BCUT2D eigenvalue weighted by Gasteiger charge is 2.23. The van der Waals surface area contributed by atoms with Crippen molar-refractivity contribution in [2.24, 2.45) is 11.1 Å². The van der Waals surface area contributed by atoms with E-state index in [0.717, 1.165) is 5.56 Å². The highest BCUT2D eigenvalue weighted by atomic mass is 16.3. The summed E-state index contributed by atoms with van der Waals surface area (Å²) in [4.78, 5) is 0. The minimum Gasteiger partial charge on any atom is -0.388 e. The van der Waals surface area contributed by atoms with Crippen molar-refractivity contribution in [1.82, 2.24) is 0 Å². The van der Waals surface area contributed by atoms with Gasteiger partial charge in [-0.1, -0.05) is 51.1 Å². The van der Waals surface area contributed by atoms with E-state index in [0.29, 0.717) is 6.42 Å². The molecule has 0 heterocycles. The summed E-state index contributed by atoms with van der Waals surface area (Å²) in [6, 6.07) is 9.68. The lowest BCUT2D eigenvalue weighted by Crippen LogP contribution is -2.36. The van der Waals surface area contributed by atoms with Crippen LogP contribution < -0.4 is 5.73 Å². The van der Waals surface area contributed by atoms with E-state index in [1.165, 1.54) is 0 Å². The molecule has 1 aromatic rings. The van der Waals surface area contributed by atoms with E-state index in [4.69, 9.17) is 5.73 Å². The molecule has 2 atom stereocenters. The molecular weight excluding hydrogens is 186 g/mol. The summed E-state index contributed by atoms with van der Waals surface area (Å²) < 4.78 is 0. The van der Waals surface area contributed by atoms with Gasteiger partial charge in [0.05, 0.1) is 6.10 Å². The maximum atomic E-state index is 9.97. The van der Waals surface area contributed by atoms with Gasteiger partial charge in [0.2, 0.25) is 0 Å². The van der Waals surface area contributed by atoms with Crippen molar-refractivity contribution in [1.29, 1.82) is 0 Å². The van der Waals surface area contributed by atoms with Gasteiger partial charge in [-0.25, -0.2) is 0 Å². The van der Waals surface area contributed by atoms with Crippen LogP contribution in [0.4, 0.5) is 0 Å². The fourth-order valence-electron chi connectivity index (χ4n) is 1.41. The first-order valence-electron chi connectivity index (χ1n) is 5.40. The summed E-state index contributed by atoms with van der Waals surface area (Å²) in [5.74, 6) is 0. The van der Waals surface area contributed by atoms with Crippen LogP contribution in [-0.2, 0) is 0 Å². The SMILES string of the molecule is CC(C)(C)[C@@H](N)C[C@@H](O)c1ccccc1. The zero-order chi connectivity index (χ0) is 11.5. The summed E-state index contributed by atoms with van der Waals surface area (Å²) in [6.07, 6.45) is 0.147. The molecule has 0 saturated heterocycles. The Bertz CT molecular complexity index is 289. The number of aliphatic hydroxyl groups excluding tert-OH is 1. The van der Waals surface area contributed by atoms with Crippen LogP contribution in [0.3, 0.4) is 0 Å². The van der Waals surface area contributed by atoms with Crippen molar-refractivity contribution >= 4 is 0 Å². The quantitative estimate of drug-likeness (QED) is 0.800. The van der Waals surface area contributed by atoms with Crippen molar-refractivity contribution in [3.05, 3.63) is 35.9 Å². The third-order valence-electron chi connectivity index (χ3n) is 2.77. The van der Waals surface area contributed by atoms with Crippen LogP contribution in [0.15, 0.2) is 30.3 Å². The first kappa shape index (κ1) is 12.2. The fraction of sp³-hybridized carbons (Fsp3) is 0.538. The molecule has 0 aliphatic carbocycles. The Morgan fingerprint density at radius 1 is 1.20 bits per heavy atom. The molecule has 0 radical (unpaired) electrons. The van der Waals surface area contributed by atoms with Crippen LogP contribution in [0.25, 0.3) is 0 Å². The first-order valence-corrected chi connectivity index (χ1v) is 5.40. The van der Waals surface area contributed by atoms with Crippen molar-refractivity contribution in [2.45, 2.75) is 39.3 Å². The van der Waals surface area contributed by atoms with E-state index < -0.39 is 6.10 Å². The monoisotopic (exact) mass is 207 g/mol. The Hall–Kier alpha value is -0.860. The zero-order valence-corrected chi connectivity index (χ0v) is 9.77. The third-order valence-corrected chi connectivity index (χ3v) is 2.77. The van der Waals surface area contributed by atoms with Crippen LogP contribution >= 0.6 is 0 Å². The van der Waals surface area contributed by atoms with Crippen molar-refractivity contribution in [3.63, 3.8) is 0 Å². The molecule has 84 valence electrons. The largest absolute Gasteiger partial charge is 0.388 e. The average Bonchev–Trinajstić information content (AvgIpc) is 2.17. The van der Waals surface area contributed by atoms with E-state index in [9.17, 15) is 5.11 Å².